The number of hydrogen-bond donors (Lipinski definition) is 2. The fourth-order valence-electron chi connectivity index (χ4n) is 6.25. The first-order valence-electron chi connectivity index (χ1n) is 12.6. The molecule has 0 unspecified atom stereocenters. The minimum Gasteiger partial charge on any atom is -0.481 e. The Morgan fingerprint density at radius 1 is 1.09 bits per heavy atom. The van der Waals surface area contributed by atoms with E-state index in [2.05, 4.69) is 26.9 Å². The maximum atomic E-state index is 14.3. The van der Waals surface area contributed by atoms with Gasteiger partial charge in [-0.15, -0.1) is 0 Å². The number of rotatable bonds is 4. The summed E-state index contributed by atoms with van der Waals surface area (Å²) in [5, 5.41) is 19.2. The molecule has 6 nitrogen and oxygen atoms in total. The van der Waals surface area contributed by atoms with E-state index in [-0.39, 0.29) is 17.7 Å². The summed E-state index contributed by atoms with van der Waals surface area (Å²) in [4.78, 5) is 11.6. The number of halogens is 1. The third kappa shape index (κ3) is 3.82. The van der Waals surface area contributed by atoms with Crippen LogP contribution in [-0.4, -0.2) is 39.1 Å². The molecular weight excluding hydrogens is 445 g/mol. The zero-order chi connectivity index (χ0) is 24.1. The van der Waals surface area contributed by atoms with Gasteiger partial charge in [-0.05, 0) is 92.8 Å². The van der Waals surface area contributed by atoms with Crippen molar-refractivity contribution in [3.63, 3.8) is 0 Å². The van der Waals surface area contributed by atoms with E-state index in [1.807, 2.05) is 18.3 Å². The zero-order valence-electron chi connectivity index (χ0n) is 19.9. The van der Waals surface area contributed by atoms with Crippen LogP contribution in [0, 0.1) is 18.7 Å². The van der Waals surface area contributed by atoms with Crippen LogP contribution in [0.4, 0.5) is 4.39 Å². The number of benzene rings is 2. The van der Waals surface area contributed by atoms with E-state index in [4.69, 9.17) is 4.74 Å². The molecule has 2 aliphatic rings. The maximum Gasteiger partial charge on any atom is 0.306 e. The summed E-state index contributed by atoms with van der Waals surface area (Å²) in [5.74, 6) is -0.539. The van der Waals surface area contributed by atoms with Crippen molar-refractivity contribution >= 4 is 27.8 Å². The Hall–Kier alpha value is -3.19. The number of aryl methyl sites for hydroxylation is 1. The normalized spacial score (nSPS) is 21.7. The van der Waals surface area contributed by atoms with Crippen molar-refractivity contribution in [3.05, 3.63) is 59.2 Å². The van der Waals surface area contributed by atoms with Crippen LogP contribution in [0.15, 0.2) is 36.5 Å². The average Bonchev–Trinajstić information content (AvgIpc) is 3.46. The van der Waals surface area contributed by atoms with E-state index in [1.54, 1.807) is 13.0 Å². The molecule has 2 aromatic carbocycles. The summed E-state index contributed by atoms with van der Waals surface area (Å²) in [6, 6.07) is 9.74. The molecule has 1 saturated heterocycles. The molecule has 182 valence electrons. The lowest BCUT2D eigenvalue weighted by atomic mass is 9.76. The van der Waals surface area contributed by atoms with Gasteiger partial charge in [-0.2, -0.15) is 5.10 Å². The molecule has 0 bridgehead atoms. The number of fused-ring (bicyclic) bond motifs is 2. The first-order chi connectivity index (χ1) is 17.0. The van der Waals surface area contributed by atoms with Crippen molar-refractivity contribution in [3.8, 4) is 5.69 Å². The van der Waals surface area contributed by atoms with Crippen molar-refractivity contribution in [2.45, 2.75) is 57.3 Å². The molecule has 0 radical (unpaired) electrons. The van der Waals surface area contributed by atoms with Gasteiger partial charge in [-0.3, -0.25) is 9.89 Å². The molecule has 2 fully saturated rings. The topological polar surface area (TPSA) is 80.1 Å². The highest BCUT2D eigenvalue weighted by Gasteiger charge is 2.34. The minimum absolute atomic E-state index is 0.206. The number of carboxylic acid groups (broad SMARTS) is 1. The van der Waals surface area contributed by atoms with Crippen LogP contribution in [0.5, 0.6) is 0 Å². The Morgan fingerprint density at radius 3 is 2.57 bits per heavy atom. The molecule has 7 heteroatoms. The Morgan fingerprint density at radius 2 is 1.86 bits per heavy atom. The second-order valence-corrected chi connectivity index (χ2v) is 10.2. The number of aromatic amines is 1. The fourth-order valence-corrected chi connectivity index (χ4v) is 6.25. The van der Waals surface area contributed by atoms with Crippen LogP contribution in [0.3, 0.4) is 0 Å². The van der Waals surface area contributed by atoms with Crippen LogP contribution in [-0.2, 0) is 9.53 Å². The van der Waals surface area contributed by atoms with Gasteiger partial charge in [-0.1, -0.05) is 0 Å². The van der Waals surface area contributed by atoms with Gasteiger partial charge in [0.1, 0.15) is 5.82 Å². The number of carbonyl (C=O) groups is 1. The molecule has 1 aliphatic carbocycles. The number of aromatic nitrogens is 3. The third-order valence-corrected chi connectivity index (χ3v) is 8.10. The molecule has 1 aliphatic heterocycles. The predicted octanol–water partition coefficient (Wildman–Crippen LogP) is 6.21. The minimum atomic E-state index is -0.684. The first-order valence-corrected chi connectivity index (χ1v) is 12.6. The fraction of sp³-hybridized carbons (Fsp3) is 0.429. The lowest BCUT2D eigenvalue weighted by molar-refractivity contribution is -0.142. The van der Waals surface area contributed by atoms with Gasteiger partial charge in [-0.25, -0.2) is 4.39 Å². The molecule has 35 heavy (non-hydrogen) atoms. The SMILES string of the molecule is Cc1cc(-n2c(C3CCOCC3)c([C@H]3CC[C@@H](C(=O)O)CC3)c3cc4[nH]ncc4cc32)ccc1F. The van der Waals surface area contributed by atoms with Gasteiger partial charge in [0.15, 0.2) is 0 Å². The molecule has 0 atom stereocenters. The van der Waals surface area contributed by atoms with Crippen molar-refractivity contribution in [2.75, 3.05) is 13.2 Å². The molecule has 0 amide bonds. The van der Waals surface area contributed by atoms with E-state index in [0.29, 0.717) is 24.3 Å². The smallest absolute Gasteiger partial charge is 0.306 e. The highest BCUT2D eigenvalue weighted by atomic mass is 19.1. The van der Waals surface area contributed by atoms with Crippen LogP contribution >= 0.6 is 0 Å². The average molecular weight is 476 g/mol. The number of nitrogens with zero attached hydrogens (tertiary/aromatic N) is 2. The van der Waals surface area contributed by atoms with Crippen LogP contribution in [0.25, 0.3) is 27.5 Å². The summed E-state index contributed by atoms with van der Waals surface area (Å²) in [6.07, 6.45) is 6.82. The van der Waals surface area contributed by atoms with Crippen molar-refractivity contribution in [1.29, 1.82) is 0 Å². The lowest BCUT2D eigenvalue weighted by Crippen LogP contribution is -2.23. The van der Waals surface area contributed by atoms with Gasteiger partial charge >= 0.3 is 5.97 Å². The van der Waals surface area contributed by atoms with E-state index in [9.17, 15) is 14.3 Å². The summed E-state index contributed by atoms with van der Waals surface area (Å²) in [5.41, 5.74) is 6.28. The molecule has 2 aromatic heterocycles. The molecule has 1 saturated carbocycles. The molecule has 4 aromatic rings. The second kappa shape index (κ2) is 8.79. The summed E-state index contributed by atoms with van der Waals surface area (Å²) >= 11 is 0. The molecular formula is C28H30FN3O3. The highest BCUT2D eigenvalue weighted by Crippen LogP contribution is 2.47. The van der Waals surface area contributed by atoms with Gasteiger partial charge in [0.05, 0.1) is 23.1 Å². The van der Waals surface area contributed by atoms with Gasteiger partial charge in [0.25, 0.3) is 0 Å². The van der Waals surface area contributed by atoms with E-state index >= 15 is 0 Å². The standard InChI is InChI=1S/C28H30FN3O3/c1-16-12-21(6-7-23(16)29)32-25-13-20-15-30-31-24(20)14-22(25)26(27(32)18-8-10-35-11-9-18)17-2-4-19(5-3-17)28(33)34/h6-7,12-15,17-19H,2-5,8-11H2,1H3,(H,30,31)(H,33,34)/t17-,19+. The van der Waals surface area contributed by atoms with Gasteiger partial charge in [0.2, 0.25) is 0 Å². The lowest BCUT2D eigenvalue weighted by Gasteiger charge is -2.31. The quantitative estimate of drug-likeness (QED) is 0.368. The van der Waals surface area contributed by atoms with Gasteiger partial charge < -0.3 is 14.4 Å². The van der Waals surface area contributed by atoms with E-state index in [1.165, 1.54) is 16.6 Å². The monoisotopic (exact) mass is 475 g/mol. The number of carboxylic acids is 1. The van der Waals surface area contributed by atoms with E-state index < -0.39 is 5.97 Å². The van der Waals surface area contributed by atoms with Crippen LogP contribution < -0.4 is 0 Å². The number of ether oxygens (including phenoxy) is 1. The highest BCUT2D eigenvalue weighted by molar-refractivity contribution is 5.99. The third-order valence-electron chi connectivity index (χ3n) is 8.10. The van der Waals surface area contributed by atoms with Gasteiger partial charge in [0, 0.05) is 41.3 Å². The number of hydrogen-bond acceptors (Lipinski definition) is 3. The Bertz CT molecular complexity index is 1410. The number of aliphatic carboxylic acids is 1. The molecule has 2 N–H and O–H groups in total. The van der Waals surface area contributed by atoms with Crippen molar-refractivity contribution in [1.82, 2.24) is 14.8 Å². The summed E-state index contributed by atoms with van der Waals surface area (Å²) in [7, 11) is 0. The van der Waals surface area contributed by atoms with Crippen LogP contribution in [0.2, 0.25) is 0 Å². The first kappa shape index (κ1) is 22.3. The maximum absolute atomic E-state index is 14.3. The largest absolute Gasteiger partial charge is 0.481 e. The van der Waals surface area contributed by atoms with Crippen LogP contribution in [0.1, 0.15) is 67.2 Å². The Kier molecular flexibility index (Phi) is 5.60. The molecule has 6 rings (SSSR count). The zero-order valence-corrected chi connectivity index (χ0v) is 19.9. The molecule has 0 spiro atoms. The van der Waals surface area contributed by atoms with Crippen molar-refractivity contribution < 1.29 is 19.0 Å². The van der Waals surface area contributed by atoms with E-state index in [0.717, 1.165) is 61.0 Å². The Labute approximate surface area is 203 Å². The molecule has 3 heterocycles. The van der Waals surface area contributed by atoms with Crippen molar-refractivity contribution in [2.24, 2.45) is 5.92 Å². The second-order valence-electron chi connectivity index (χ2n) is 10.2. The Balaban J connectivity index is 1.62. The number of H-pyrrole nitrogens is 1. The summed E-state index contributed by atoms with van der Waals surface area (Å²) in [6.45, 7) is 3.26. The summed E-state index contributed by atoms with van der Waals surface area (Å²) < 4.78 is 22.3. The predicted molar refractivity (Wildman–Crippen MR) is 133 cm³/mol. The number of nitrogens with one attached hydrogen (secondary N) is 1.